The maximum Gasteiger partial charge on any atom is 0.254 e. The summed E-state index contributed by atoms with van der Waals surface area (Å²) in [5.74, 6) is 1.36. The lowest BCUT2D eigenvalue weighted by atomic mass is 10.1. The van der Waals surface area contributed by atoms with E-state index in [0.29, 0.717) is 70.4 Å². The second-order valence-corrected chi connectivity index (χ2v) is 9.73. The molecule has 11 heteroatoms. The number of carbonyl (C=O) groups is 1. The molecule has 9 nitrogen and oxygen atoms in total. The quantitative estimate of drug-likeness (QED) is 0.386. The van der Waals surface area contributed by atoms with E-state index in [4.69, 9.17) is 21.1 Å². The molecule has 1 fully saturated rings. The van der Waals surface area contributed by atoms with E-state index in [1.807, 2.05) is 4.90 Å². The van der Waals surface area contributed by atoms with Crippen LogP contribution in [0, 0.1) is 0 Å². The van der Waals surface area contributed by atoms with E-state index >= 15 is 0 Å². The van der Waals surface area contributed by atoms with Crippen molar-refractivity contribution in [2.75, 3.05) is 50.0 Å². The summed E-state index contributed by atoms with van der Waals surface area (Å²) in [5, 5.41) is 0.345. The molecule has 0 bridgehead atoms. The number of piperazine rings is 1. The number of allylic oxidation sites excluding steroid dienone is 3. The summed E-state index contributed by atoms with van der Waals surface area (Å²) in [5.41, 5.74) is 1.56. The van der Waals surface area contributed by atoms with Crippen molar-refractivity contribution in [2.24, 2.45) is 0 Å². The molecule has 2 heterocycles. The average Bonchev–Trinajstić information content (AvgIpc) is 2.91. The third-order valence-corrected chi connectivity index (χ3v) is 7.08. The van der Waals surface area contributed by atoms with Crippen LogP contribution in [0.3, 0.4) is 0 Å². The zero-order chi connectivity index (χ0) is 26.2. The van der Waals surface area contributed by atoms with Crippen LogP contribution in [0.25, 0.3) is 0 Å². The molecule has 36 heavy (non-hydrogen) atoms. The third-order valence-electron chi connectivity index (χ3n) is 5.68. The number of benzene rings is 1. The van der Waals surface area contributed by atoms with Crippen LogP contribution >= 0.6 is 11.6 Å². The van der Waals surface area contributed by atoms with E-state index in [0.717, 1.165) is 0 Å². The highest BCUT2D eigenvalue weighted by molar-refractivity contribution is 7.90. The fourth-order valence-corrected chi connectivity index (χ4v) is 4.55. The first-order valence-electron chi connectivity index (χ1n) is 11.2. The van der Waals surface area contributed by atoms with E-state index in [-0.39, 0.29) is 5.91 Å². The topological polar surface area (TPSA) is 96.9 Å². The predicted octanol–water partition coefficient (Wildman–Crippen LogP) is 3.98. The zero-order valence-corrected chi connectivity index (χ0v) is 22.4. The Bertz CT molecular complexity index is 1190. The van der Waals surface area contributed by atoms with Crippen LogP contribution in [0.1, 0.15) is 13.8 Å². The molecule has 0 spiro atoms. The second kappa shape index (κ2) is 12.5. The van der Waals surface area contributed by atoms with Crippen molar-refractivity contribution < 1.29 is 18.5 Å². The van der Waals surface area contributed by atoms with Crippen molar-refractivity contribution in [1.29, 1.82) is 0 Å². The number of hydrogen-bond acceptors (Lipinski definition) is 7. The highest BCUT2D eigenvalue weighted by Gasteiger charge is 2.25. The van der Waals surface area contributed by atoms with Crippen LogP contribution in [-0.2, 0) is 15.8 Å². The number of nitrogens with zero attached hydrogens (tertiary/aromatic N) is 4. The van der Waals surface area contributed by atoms with Crippen molar-refractivity contribution in [2.45, 2.75) is 13.8 Å². The van der Waals surface area contributed by atoms with Gasteiger partial charge in [-0.2, -0.15) is 0 Å². The summed E-state index contributed by atoms with van der Waals surface area (Å²) in [4.78, 5) is 26.3. The number of amides is 1. The molecule has 3 rings (SSSR count). The molecule has 1 N–H and O–H groups in total. The molecule has 192 valence electrons. The summed E-state index contributed by atoms with van der Waals surface area (Å²) < 4.78 is 26.6. The zero-order valence-electron chi connectivity index (χ0n) is 20.8. The number of carbonyl (C=O) groups excluding carboxylic acids is 1. The van der Waals surface area contributed by atoms with Crippen molar-refractivity contribution in [3.63, 3.8) is 0 Å². The summed E-state index contributed by atoms with van der Waals surface area (Å²) in [6.45, 7) is 9.57. The van der Waals surface area contributed by atoms with Gasteiger partial charge in [-0.15, -0.1) is 0 Å². The molecular formula is C25H30ClN5O4S. The highest BCUT2D eigenvalue weighted by Crippen LogP contribution is 2.36. The van der Waals surface area contributed by atoms with Gasteiger partial charge in [-0.05, 0) is 37.6 Å². The summed E-state index contributed by atoms with van der Waals surface area (Å²) in [7, 11) is 1.33. The molecule has 1 aromatic carbocycles. The van der Waals surface area contributed by atoms with E-state index in [1.54, 1.807) is 61.5 Å². The Morgan fingerprint density at radius 1 is 1.11 bits per heavy atom. The smallest absolute Gasteiger partial charge is 0.254 e. The molecule has 1 aliphatic rings. The van der Waals surface area contributed by atoms with Gasteiger partial charge in [0.15, 0.2) is 0 Å². The number of aromatic nitrogens is 2. The average molecular weight is 532 g/mol. The van der Waals surface area contributed by atoms with Gasteiger partial charge in [-0.3, -0.25) is 9.52 Å². The molecule has 1 saturated heterocycles. The Morgan fingerprint density at radius 3 is 2.33 bits per heavy atom. The molecule has 2 aromatic rings. The van der Waals surface area contributed by atoms with Crippen LogP contribution in [-0.4, -0.2) is 65.4 Å². The Morgan fingerprint density at radius 2 is 1.75 bits per heavy atom. The molecule has 1 amide bonds. The van der Waals surface area contributed by atoms with Gasteiger partial charge in [0.05, 0.1) is 24.9 Å². The van der Waals surface area contributed by atoms with Gasteiger partial charge in [-0.25, -0.2) is 14.2 Å². The van der Waals surface area contributed by atoms with Gasteiger partial charge >= 0.3 is 0 Å². The lowest BCUT2D eigenvalue weighted by Gasteiger charge is -2.35. The van der Waals surface area contributed by atoms with E-state index < -0.39 is 11.0 Å². The van der Waals surface area contributed by atoms with Gasteiger partial charge in [0.1, 0.15) is 22.5 Å². The van der Waals surface area contributed by atoms with Gasteiger partial charge in [0, 0.05) is 55.1 Å². The monoisotopic (exact) mass is 531 g/mol. The van der Waals surface area contributed by atoms with Gasteiger partial charge in [0.2, 0.25) is 5.95 Å². The van der Waals surface area contributed by atoms with Crippen LogP contribution in [0.15, 0.2) is 65.4 Å². The van der Waals surface area contributed by atoms with Gasteiger partial charge in [0.25, 0.3) is 5.91 Å². The maximum atomic E-state index is 13.4. The van der Waals surface area contributed by atoms with Crippen LogP contribution < -0.4 is 19.1 Å². The Hall–Kier alpha value is -3.37. The Balaban J connectivity index is 1.76. The van der Waals surface area contributed by atoms with Crippen LogP contribution in [0.2, 0.25) is 5.02 Å². The van der Waals surface area contributed by atoms with Crippen molar-refractivity contribution in [1.82, 2.24) is 14.9 Å². The first kappa shape index (κ1) is 27.2. The largest absolute Gasteiger partial charge is 0.495 e. The third kappa shape index (κ3) is 6.44. The van der Waals surface area contributed by atoms with Crippen LogP contribution in [0.5, 0.6) is 11.5 Å². The molecule has 0 radical (unpaired) electrons. The number of nitrogens with one attached hydrogen (secondary N) is 1. The van der Waals surface area contributed by atoms with E-state index in [2.05, 4.69) is 21.3 Å². The van der Waals surface area contributed by atoms with E-state index in [1.165, 1.54) is 14.2 Å². The number of halogens is 1. The molecule has 1 aliphatic heterocycles. The van der Waals surface area contributed by atoms with Crippen molar-refractivity contribution in [3.05, 3.63) is 70.4 Å². The number of rotatable bonds is 9. The fraction of sp³-hybridized carbons (Fsp3) is 0.320. The Labute approximate surface area is 219 Å². The summed E-state index contributed by atoms with van der Waals surface area (Å²) in [6.07, 6.45) is 6.65. The highest BCUT2D eigenvalue weighted by atomic mass is 35.5. The number of anilines is 2. The Kier molecular flexibility index (Phi) is 9.49. The fourth-order valence-electron chi connectivity index (χ4n) is 3.57. The molecular weight excluding hydrogens is 502 g/mol. The normalized spacial score (nSPS) is 15.6. The molecule has 1 atom stereocenters. The van der Waals surface area contributed by atoms with Crippen LogP contribution in [0.4, 0.5) is 11.6 Å². The minimum absolute atomic E-state index is 0.151. The summed E-state index contributed by atoms with van der Waals surface area (Å²) >= 11 is 6.23. The SMILES string of the molecule is C=C/C(C)=C(\C=C(/C)S(=O)Nc1cc(Cl)c(OC)cc1OC)C(=O)N1CCN(c2ncccn2)CC1. The molecule has 0 aliphatic carbocycles. The van der Waals surface area contributed by atoms with Crippen molar-refractivity contribution in [3.8, 4) is 11.5 Å². The first-order chi connectivity index (χ1) is 17.3. The number of ether oxygens (including phenoxy) is 2. The first-order valence-corrected chi connectivity index (χ1v) is 12.7. The molecule has 1 aromatic heterocycles. The minimum atomic E-state index is -1.67. The lowest BCUT2D eigenvalue weighted by Crippen LogP contribution is -2.49. The molecule has 1 unspecified atom stereocenters. The summed E-state index contributed by atoms with van der Waals surface area (Å²) in [6, 6.07) is 4.96. The van der Waals surface area contributed by atoms with Gasteiger partial charge in [-0.1, -0.05) is 24.3 Å². The van der Waals surface area contributed by atoms with Gasteiger partial charge < -0.3 is 19.3 Å². The number of methoxy groups -OCH3 is 2. The lowest BCUT2D eigenvalue weighted by molar-refractivity contribution is -0.127. The van der Waals surface area contributed by atoms with Crippen molar-refractivity contribution >= 4 is 40.1 Å². The molecule has 0 saturated carbocycles. The number of hydrogen-bond donors (Lipinski definition) is 1. The minimum Gasteiger partial charge on any atom is -0.495 e. The second-order valence-electron chi connectivity index (χ2n) is 7.94. The predicted molar refractivity (Wildman–Crippen MR) is 144 cm³/mol. The maximum absolute atomic E-state index is 13.4. The standard InChI is InChI=1S/C25H30ClN5O4S/c1-6-17(2)19(24(32)30-10-12-31(13-11-30)25-27-8-7-9-28-25)14-18(3)36(33)29-21-15-20(26)22(34-4)16-23(21)35-5/h6-9,14-16,29H,1,10-13H2,2-5H3/b18-14+,19-17+. The van der Waals surface area contributed by atoms with E-state index in [9.17, 15) is 9.00 Å².